The van der Waals surface area contributed by atoms with Gasteiger partial charge in [0.05, 0.1) is 5.56 Å². The predicted octanol–water partition coefficient (Wildman–Crippen LogP) is 5.15. The van der Waals surface area contributed by atoms with Crippen molar-refractivity contribution < 1.29 is 22.4 Å². The van der Waals surface area contributed by atoms with Crippen LogP contribution in [0.5, 0.6) is 0 Å². The van der Waals surface area contributed by atoms with E-state index in [0.717, 1.165) is 18.2 Å². The topological polar surface area (TPSA) is 17.1 Å². The van der Waals surface area contributed by atoms with Gasteiger partial charge in [-0.05, 0) is 36.8 Å². The van der Waals surface area contributed by atoms with Crippen LogP contribution in [0.4, 0.5) is 17.6 Å². The second kappa shape index (κ2) is 5.60. The molecule has 0 aliphatic carbocycles. The van der Waals surface area contributed by atoms with Gasteiger partial charge in [-0.15, -0.1) is 0 Å². The molecule has 6 heteroatoms. The summed E-state index contributed by atoms with van der Waals surface area (Å²) >= 11 is 2.94. The molecule has 2 rings (SSSR count). The first-order valence-corrected chi connectivity index (χ1v) is 6.67. The Labute approximate surface area is 126 Å². The summed E-state index contributed by atoms with van der Waals surface area (Å²) in [4.78, 5) is 12.2. The highest BCUT2D eigenvalue weighted by Crippen LogP contribution is 2.34. The molecule has 0 aromatic heterocycles. The van der Waals surface area contributed by atoms with Gasteiger partial charge in [0.15, 0.2) is 5.78 Å². The van der Waals surface area contributed by atoms with Crippen LogP contribution in [0.15, 0.2) is 40.9 Å². The van der Waals surface area contributed by atoms with Crippen molar-refractivity contribution in [1.29, 1.82) is 0 Å². The van der Waals surface area contributed by atoms with Crippen molar-refractivity contribution in [3.63, 3.8) is 0 Å². The first-order chi connectivity index (χ1) is 9.70. The molecular weight excluding hydrogens is 352 g/mol. The van der Waals surface area contributed by atoms with Crippen LogP contribution in [0.2, 0.25) is 0 Å². The van der Waals surface area contributed by atoms with Crippen LogP contribution in [0.1, 0.15) is 27.0 Å². The lowest BCUT2D eigenvalue weighted by Gasteiger charge is -2.13. The van der Waals surface area contributed by atoms with E-state index in [1.54, 1.807) is 0 Å². The lowest BCUT2D eigenvalue weighted by molar-refractivity contribution is -0.137. The Kier molecular flexibility index (Phi) is 4.18. The van der Waals surface area contributed by atoms with Gasteiger partial charge in [0.1, 0.15) is 5.82 Å². The summed E-state index contributed by atoms with van der Waals surface area (Å²) in [6.45, 7) is 1.50. The van der Waals surface area contributed by atoms with Crippen LogP contribution >= 0.6 is 15.9 Å². The first-order valence-electron chi connectivity index (χ1n) is 5.88. The molecule has 21 heavy (non-hydrogen) atoms. The fourth-order valence-corrected chi connectivity index (χ4v) is 2.20. The summed E-state index contributed by atoms with van der Waals surface area (Å²) in [6, 6.07) is 6.86. The molecule has 2 aromatic carbocycles. The van der Waals surface area contributed by atoms with E-state index in [2.05, 4.69) is 15.9 Å². The minimum absolute atomic E-state index is 0.120. The summed E-state index contributed by atoms with van der Waals surface area (Å²) < 4.78 is 52.7. The van der Waals surface area contributed by atoms with Crippen LogP contribution in [-0.4, -0.2) is 5.78 Å². The van der Waals surface area contributed by atoms with Gasteiger partial charge in [-0.1, -0.05) is 28.1 Å². The lowest BCUT2D eigenvalue weighted by atomic mass is 9.97. The molecule has 2 aromatic rings. The number of benzene rings is 2. The summed E-state index contributed by atoms with van der Waals surface area (Å²) in [5, 5.41) is 0. The van der Waals surface area contributed by atoms with Crippen LogP contribution in [-0.2, 0) is 6.18 Å². The summed E-state index contributed by atoms with van der Waals surface area (Å²) in [6.07, 6.45) is -4.67. The van der Waals surface area contributed by atoms with Crippen molar-refractivity contribution in [3.05, 3.63) is 68.9 Å². The largest absolute Gasteiger partial charge is 0.417 e. The van der Waals surface area contributed by atoms with Crippen molar-refractivity contribution in [2.24, 2.45) is 0 Å². The standard InChI is InChI=1S/C15H9BrF4O/c1-8-2-3-9(6-13(8)17)14(21)11-5-4-10(16)7-12(11)15(18,19)20/h2-7H,1H3. The molecule has 0 amide bonds. The second-order valence-corrected chi connectivity index (χ2v) is 5.40. The molecule has 0 fully saturated rings. The molecule has 0 saturated heterocycles. The van der Waals surface area contributed by atoms with Gasteiger partial charge in [0.25, 0.3) is 0 Å². The van der Waals surface area contributed by atoms with Gasteiger partial charge < -0.3 is 0 Å². The number of hydrogen-bond acceptors (Lipinski definition) is 1. The molecule has 0 N–H and O–H groups in total. The van der Waals surface area contributed by atoms with Crippen molar-refractivity contribution >= 4 is 21.7 Å². The molecule has 0 saturated carbocycles. The monoisotopic (exact) mass is 360 g/mol. The SMILES string of the molecule is Cc1ccc(C(=O)c2ccc(Br)cc2C(F)(F)F)cc1F. The van der Waals surface area contributed by atoms with E-state index in [9.17, 15) is 22.4 Å². The Morgan fingerprint density at radius 2 is 1.76 bits per heavy atom. The van der Waals surface area contributed by atoms with Gasteiger partial charge in [-0.2, -0.15) is 13.2 Å². The number of hydrogen-bond donors (Lipinski definition) is 0. The Balaban J connectivity index is 2.55. The summed E-state index contributed by atoms with van der Waals surface area (Å²) in [5.74, 6) is -1.50. The number of ketones is 1. The molecule has 0 aliphatic rings. The molecule has 0 unspecified atom stereocenters. The summed E-state index contributed by atoms with van der Waals surface area (Å²) in [7, 11) is 0. The van der Waals surface area contributed by atoms with Crippen LogP contribution in [0, 0.1) is 12.7 Å². The number of rotatable bonds is 2. The highest BCUT2D eigenvalue weighted by Gasteiger charge is 2.35. The zero-order valence-corrected chi connectivity index (χ0v) is 12.3. The lowest BCUT2D eigenvalue weighted by Crippen LogP contribution is -2.14. The molecule has 0 heterocycles. The van der Waals surface area contributed by atoms with Crippen molar-refractivity contribution in [2.45, 2.75) is 13.1 Å². The van der Waals surface area contributed by atoms with Gasteiger partial charge in [0.2, 0.25) is 0 Å². The van der Waals surface area contributed by atoms with E-state index in [-0.39, 0.29) is 10.0 Å². The zero-order chi connectivity index (χ0) is 15.8. The zero-order valence-electron chi connectivity index (χ0n) is 10.8. The molecule has 0 bridgehead atoms. The third kappa shape index (κ3) is 3.32. The predicted molar refractivity (Wildman–Crippen MR) is 73.7 cm³/mol. The molecule has 0 radical (unpaired) electrons. The van der Waals surface area contributed by atoms with Crippen molar-refractivity contribution in [2.75, 3.05) is 0 Å². The van der Waals surface area contributed by atoms with Gasteiger partial charge in [-0.3, -0.25) is 4.79 Å². The molecule has 0 spiro atoms. The number of aryl methyl sites for hydroxylation is 1. The smallest absolute Gasteiger partial charge is 0.289 e. The normalized spacial score (nSPS) is 11.5. The highest BCUT2D eigenvalue weighted by molar-refractivity contribution is 9.10. The van der Waals surface area contributed by atoms with Crippen molar-refractivity contribution in [3.8, 4) is 0 Å². The number of alkyl halides is 3. The maximum Gasteiger partial charge on any atom is 0.417 e. The van der Waals surface area contributed by atoms with E-state index in [4.69, 9.17) is 0 Å². The van der Waals surface area contributed by atoms with Crippen LogP contribution in [0.25, 0.3) is 0 Å². The molecule has 1 nitrogen and oxygen atoms in total. The van der Waals surface area contributed by atoms with E-state index in [0.29, 0.717) is 5.56 Å². The van der Waals surface area contributed by atoms with Gasteiger partial charge in [0, 0.05) is 15.6 Å². The van der Waals surface area contributed by atoms with Crippen LogP contribution < -0.4 is 0 Å². The molecule has 0 aliphatic heterocycles. The molecule has 0 atom stereocenters. The van der Waals surface area contributed by atoms with Crippen molar-refractivity contribution in [1.82, 2.24) is 0 Å². The van der Waals surface area contributed by atoms with E-state index in [1.807, 2.05) is 0 Å². The average Bonchev–Trinajstić information content (AvgIpc) is 2.40. The minimum Gasteiger partial charge on any atom is -0.289 e. The number of halogens is 5. The maximum absolute atomic E-state index is 13.5. The summed E-state index contributed by atoms with van der Waals surface area (Å²) in [5.41, 5.74) is -1.36. The van der Waals surface area contributed by atoms with E-state index in [1.165, 1.54) is 25.1 Å². The van der Waals surface area contributed by atoms with E-state index >= 15 is 0 Å². The quantitative estimate of drug-likeness (QED) is 0.534. The third-order valence-electron chi connectivity index (χ3n) is 2.97. The highest BCUT2D eigenvalue weighted by atomic mass is 79.9. The fourth-order valence-electron chi connectivity index (χ4n) is 1.84. The first kappa shape index (κ1) is 15.7. The van der Waals surface area contributed by atoms with E-state index < -0.39 is 28.9 Å². The Hall–Kier alpha value is -1.69. The van der Waals surface area contributed by atoms with Gasteiger partial charge >= 0.3 is 6.18 Å². The van der Waals surface area contributed by atoms with Gasteiger partial charge in [-0.25, -0.2) is 4.39 Å². The average molecular weight is 361 g/mol. The second-order valence-electron chi connectivity index (χ2n) is 4.48. The Morgan fingerprint density at radius 3 is 2.33 bits per heavy atom. The number of carbonyl (C=O) groups excluding carboxylic acids is 1. The molecular formula is C15H9BrF4O. The third-order valence-corrected chi connectivity index (χ3v) is 3.46. The minimum atomic E-state index is -4.67. The Morgan fingerprint density at radius 1 is 1.10 bits per heavy atom. The fraction of sp³-hybridized carbons (Fsp3) is 0.133. The van der Waals surface area contributed by atoms with Crippen LogP contribution in [0.3, 0.4) is 0 Å². The Bertz CT molecular complexity index is 707. The number of carbonyl (C=O) groups is 1. The molecule has 110 valence electrons. The maximum atomic E-state index is 13.5.